The summed E-state index contributed by atoms with van der Waals surface area (Å²) in [7, 11) is 0. The summed E-state index contributed by atoms with van der Waals surface area (Å²) in [5, 5.41) is 6.18. The van der Waals surface area contributed by atoms with Crippen LogP contribution in [0.15, 0.2) is 84.9 Å². The Morgan fingerprint density at radius 2 is 1.43 bits per heavy atom. The van der Waals surface area contributed by atoms with Gasteiger partial charge in [0.2, 0.25) is 5.91 Å². The minimum Gasteiger partial charge on any atom is -0.435 e. The number of halogens is 2. The molecular weight excluding hydrogens is 386 g/mol. The zero-order valence-corrected chi connectivity index (χ0v) is 16.4. The zero-order chi connectivity index (χ0) is 21.2. The predicted octanol–water partition coefficient (Wildman–Crippen LogP) is 4.33. The van der Waals surface area contributed by atoms with E-state index in [-0.39, 0.29) is 24.2 Å². The molecule has 0 aromatic heterocycles. The topological polar surface area (TPSA) is 50.4 Å². The third kappa shape index (κ3) is 6.67. The van der Waals surface area contributed by atoms with Crippen LogP contribution >= 0.6 is 0 Å². The molecule has 1 amide bonds. The molecule has 2 N–H and O–H groups in total. The molecule has 0 spiro atoms. The molecule has 0 aliphatic rings. The highest BCUT2D eigenvalue weighted by atomic mass is 19.3. The summed E-state index contributed by atoms with van der Waals surface area (Å²) in [6.45, 7) is -2.18. The molecule has 0 bridgehead atoms. The Morgan fingerprint density at radius 1 is 0.833 bits per heavy atom. The molecule has 3 rings (SSSR count). The number of nitrogens with one attached hydrogen (secondary N) is 2. The molecular formula is C24H24F2N2O2. The van der Waals surface area contributed by atoms with E-state index in [0.29, 0.717) is 6.54 Å². The molecule has 6 heteroatoms. The van der Waals surface area contributed by atoms with Gasteiger partial charge in [-0.25, -0.2) is 0 Å². The van der Waals surface area contributed by atoms with E-state index < -0.39 is 6.61 Å². The van der Waals surface area contributed by atoms with Gasteiger partial charge in [-0.15, -0.1) is 0 Å². The Morgan fingerprint density at radius 3 is 2.07 bits per heavy atom. The molecule has 0 fully saturated rings. The Labute approximate surface area is 174 Å². The standard InChI is InChI=1S/C24H24F2N2O2/c25-24(26)30-21-13-11-20(12-14-21)23(19-9-5-2-6-10-19)28-17-22(29)27-16-15-18-7-3-1-4-8-18/h1-14,23-24,28H,15-17H2,(H,27,29)/t23-/m0/s1. The van der Waals surface area contributed by atoms with Crippen molar-refractivity contribution in [1.82, 2.24) is 10.6 Å². The zero-order valence-electron chi connectivity index (χ0n) is 16.4. The molecule has 3 aromatic carbocycles. The van der Waals surface area contributed by atoms with Crippen LogP contribution in [0, 0.1) is 0 Å². The molecule has 0 saturated heterocycles. The number of carbonyl (C=O) groups is 1. The van der Waals surface area contributed by atoms with Crippen LogP contribution in [0.2, 0.25) is 0 Å². The van der Waals surface area contributed by atoms with Crippen LogP contribution < -0.4 is 15.4 Å². The third-order valence-electron chi connectivity index (χ3n) is 4.62. The van der Waals surface area contributed by atoms with Gasteiger partial charge in [0.05, 0.1) is 12.6 Å². The van der Waals surface area contributed by atoms with Gasteiger partial charge >= 0.3 is 6.61 Å². The van der Waals surface area contributed by atoms with E-state index in [1.165, 1.54) is 17.7 Å². The summed E-state index contributed by atoms with van der Waals surface area (Å²) in [4.78, 5) is 12.3. The fourth-order valence-corrected chi connectivity index (χ4v) is 3.16. The lowest BCUT2D eigenvalue weighted by molar-refractivity contribution is -0.120. The van der Waals surface area contributed by atoms with Gasteiger partial charge in [0.1, 0.15) is 5.75 Å². The van der Waals surface area contributed by atoms with Crippen LogP contribution in [-0.2, 0) is 11.2 Å². The second-order valence-corrected chi connectivity index (χ2v) is 6.76. The van der Waals surface area contributed by atoms with Gasteiger partial charge in [-0.05, 0) is 35.2 Å². The maximum absolute atomic E-state index is 12.4. The van der Waals surface area contributed by atoms with Crippen LogP contribution in [0.4, 0.5) is 8.78 Å². The summed E-state index contributed by atoms with van der Waals surface area (Å²) in [5.41, 5.74) is 2.98. The average Bonchev–Trinajstić information content (AvgIpc) is 2.76. The second kappa shape index (κ2) is 11.1. The molecule has 0 saturated carbocycles. The number of hydrogen-bond acceptors (Lipinski definition) is 3. The van der Waals surface area contributed by atoms with Crippen LogP contribution in [0.3, 0.4) is 0 Å². The van der Waals surface area contributed by atoms with E-state index >= 15 is 0 Å². The number of rotatable bonds is 10. The molecule has 156 valence electrons. The summed E-state index contributed by atoms with van der Waals surface area (Å²) >= 11 is 0. The number of carbonyl (C=O) groups excluding carboxylic acids is 1. The fraction of sp³-hybridized carbons (Fsp3) is 0.208. The summed E-state index contributed by atoms with van der Waals surface area (Å²) in [5.74, 6) is -0.0104. The Kier molecular flexibility index (Phi) is 7.92. The van der Waals surface area contributed by atoms with Crippen molar-refractivity contribution < 1.29 is 18.3 Å². The van der Waals surface area contributed by atoms with E-state index in [0.717, 1.165) is 17.5 Å². The Bertz CT molecular complexity index is 904. The largest absolute Gasteiger partial charge is 0.435 e. The highest BCUT2D eigenvalue weighted by molar-refractivity contribution is 5.78. The summed E-state index contributed by atoms with van der Waals surface area (Å²) < 4.78 is 29.2. The molecule has 1 atom stereocenters. The number of alkyl halides is 2. The van der Waals surface area contributed by atoms with Crippen molar-refractivity contribution >= 4 is 5.91 Å². The van der Waals surface area contributed by atoms with E-state index in [4.69, 9.17) is 0 Å². The van der Waals surface area contributed by atoms with Gasteiger partial charge in [0.15, 0.2) is 0 Å². The Balaban J connectivity index is 1.60. The van der Waals surface area contributed by atoms with Crippen molar-refractivity contribution in [3.8, 4) is 5.75 Å². The monoisotopic (exact) mass is 410 g/mol. The van der Waals surface area contributed by atoms with Crippen molar-refractivity contribution in [1.29, 1.82) is 0 Å². The minimum absolute atomic E-state index is 0.0965. The lowest BCUT2D eigenvalue weighted by Gasteiger charge is -2.20. The van der Waals surface area contributed by atoms with Crippen LogP contribution in [0.5, 0.6) is 5.75 Å². The van der Waals surface area contributed by atoms with E-state index in [2.05, 4.69) is 15.4 Å². The van der Waals surface area contributed by atoms with Crippen molar-refractivity contribution in [2.24, 2.45) is 0 Å². The normalized spacial score (nSPS) is 11.8. The average molecular weight is 410 g/mol. The maximum atomic E-state index is 12.4. The van der Waals surface area contributed by atoms with Crippen LogP contribution in [0.25, 0.3) is 0 Å². The number of amides is 1. The number of hydrogen-bond donors (Lipinski definition) is 2. The number of benzene rings is 3. The highest BCUT2D eigenvalue weighted by Gasteiger charge is 2.15. The second-order valence-electron chi connectivity index (χ2n) is 6.76. The van der Waals surface area contributed by atoms with Crippen molar-refractivity contribution in [2.75, 3.05) is 13.1 Å². The van der Waals surface area contributed by atoms with Gasteiger partial charge in [-0.2, -0.15) is 8.78 Å². The minimum atomic E-state index is -2.86. The summed E-state index contributed by atoms with van der Waals surface area (Å²) in [6.07, 6.45) is 0.764. The van der Waals surface area contributed by atoms with Gasteiger partial charge < -0.3 is 10.1 Å². The van der Waals surface area contributed by atoms with Gasteiger partial charge in [-0.1, -0.05) is 72.8 Å². The first-order chi connectivity index (χ1) is 14.6. The molecule has 0 radical (unpaired) electrons. The number of ether oxygens (including phenoxy) is 1. The predicted molar refractivity (Wildman–Crippen MR) is 113 cm³/mol. The Hall–Kier alpha value is -3.25. The van der Waals surface area contributed by atoms with Crippen LogP contribution in [0.1, 0.15) is 22.7 Å². The SMILES string of the molecule is O=C(CN[C@@H](c1ccccc1)c1ccc(OC(F)F)cc1)NCCc1ccccc1. The first-order valence-electron chi connectivity index (χ1n) is 9.75. The first kappa shape index (κ1) is 21.5. The lowest BCUT2D eigenvalue weighted by Crippen LogP contribution is -2.37. The van der Waals surface area contributed by atoms with E-state index in [1.807, 2.05) is 60.7 Å². The van der Waals surface area contributed by atoms with Gasteiger partial charge in [-0.3, -0.25) is 10.1 Å². The fourth-order valence-electron chi connectivity index (χ4n) is 3.16. The van der Waals surface area contributed by atoms with E-state index in [9.17, 15) is 13.6 Å². The molecule has 30 heavy (non-hydrogen) atoms. The van der Waals surface area contributed by atoms with Crippen molar-refractivity contribution in [3.63, 3.8) is 0 Å². The van der Waals surface area contributed by atoms with Crippen molar-refractivity contribution in [3.05, 3.63) is 102 Å². The molecule has 4 nitrogen and oxygen atoms in total. The molecule has 0 unspecified atom stereocenters. The van der Waals surface area contributed by atoms with Crippen molar-refractivity contribution in [2.45, 2.75) is 19.1 Å². The quantitative estimate of drug-likeness (QED) is 0.523. The smallest absolute Gasteiger partial charge is 0.387 e. The van der Waals surface area contributed by atoms with E-state index in [1.54, 1.807) is 12.1 Å². The lowest BCUT2D eigenvalue weighted by atomic mass is 9.98. The van der Waals surface area contributed by atoms with Gasteiger partial charge in [0.25, 0.3) is 0 Å². The highest BCUT2D eigenvalue weighted by Crippen LogP contribution is 2.24. The van der Waals surface area contributed by atoms with Gasteiger partial charge in [0, 0.05) is 6.54 Å². The maximum Gasteiger partial charge on any atom is 0.387 e. The van der Waals surface area contributed by atoms with Crippen LogP contribution in [-0.4, -0.2) is 25.6 Å². The molecule has 0 heterocycles. The molecule has 3 aromatic rings. The first-order valence-corrected chi connectivity index (χ1v) is 9.75. The third-order valence-corrected chi connectivity index (χ3v) is 4.62. The molecule has 0 aliphatic carbocycles. The summed E-state index contributed by atoms with van der Waals surface area (Å²) in [6, 6.07) is 25.8. The molecule has 0 aliphatic heterocycles.